The van der Waals surface area contributed by atoms with Crippen molar-refractivity contribution in [2.45, 2.75) is 70.5 Å². The van der Waals surface area contributed by atoms with Crippen molar-refractivity contribution in [3.05, 3.63) is 47.2 Å². The van der Waals surface area contributed by atoms with Crippen LogP contribution in [-0.2, 0) is 6.54 Å². The molecule has 0 radical (unpaired) electrons. The molecule has 7 rings (SSSR count). The van der Waals surface area contributed by atoms with E-state index >= 15 is 0 Å². The van der Waals surface area contributed by atoms with Gasteiger partial charge in [0.15, 0.2) is 0 Å². The second-order valence-corrected chi connectivity index (χ2v) is 12.7. The maximum Gasteiger partial charge on any atom is 0.224 e. The average molecular weight is 532 g/mol. The molecule has 0 amide bonds. The maximum atomic E-state index is 12.7. The molecule has 5 aliphatic rings. The van der Waals surface area contributed by atoms with E-state index in [9.17, 15) is 9.65 Å². The van der Waals surface area contributed by atoms with Crippen LogP contribution in [0.2, 0.25) is 0 Å². The van der Waals surface area contributed by atoms with Crippen LogP contribution in [-0.4, -0.2) is 59.8 Å². The minimum Gasteiger partial charge on any atom is -0.368 e. The molecule has 4 aliphatic carbocycles. The van der Waals surface area contributed by atoms with Crippen molar-refractivity contribution in [3.63, 3.8) is 0 Å². The first-order valence-electron chi connectivity index (χ1n) is 14.9. The Balaban J connectivity index is 1.08. The number of nitrogens with zero attached hydrogens (tertiary/aromatic N) is 4. The predicted octanol–water partition coefficient (Wildman–Crippen LogP) is 4.90. The Morgan fingerprint density at radius 2 is 1.87 bits per heavy atom. The van der Waals surface area contributed by atoms with E-state index in [1.165, 1.54) is 43.2 Å². The van der Waals surface area contributed by atoms with Gasteiger partial charge in [-0.1, -0.05) is 24.3 Å². The molecule has 4 bridgehead atoms. The lowest BCUT2D eigenvalue weighted by atomic mass is 9.48. The lowest BCUT2D eigenvalue weighted by molar-refractivity contribution is -0.0734. The topological polar surface area (TPSA) is 88.9 Å². The van der Waals surface area contributed by atoms with Crippen molar-refractivity contribution < 1.29 is 4.39 Å². The molecule has 5 atom stereocenters. The Morgan fingerprint density at radius 3 is 2.59 bits per heavy atom. The number of aryl methyl sites for hydroxylation is 1. The van der Waals surface area contributed by atoms with E-state index < -0.39 is 0 Å². The fourth-order valence-electron chi connectivity index (χ4n) is 8.33. The summed E-state index contributed by atoms with van der Waals surface area (Å²) in [6.07, 6.45) is 10.4. The highest BCUT2D eigenvalue weighted by Crippen LogP contribution is 2.60. The fourth-order valence-corrected chi connectivity index (χ4v) is 8.33. The van der Waals surface area contributed by atoms with Gasteiger partial charge in [0, 0.05) is 31.7 Å². The molecule has 39 heavy (non-hydrogen) atoms. The van der Waals surface area contributed by atoms with Crippen molar-refractivity contribution in [3.8, 4) is 6.07 Å². The second-order valence-electron chi connectivity index (χ2n) is 12.7. The number of nitriles is 1. The monoisotopic (exact) mass is 531 g/mol. The molecule has 0 spiro atoms. The highest BCUT2D eigenvalue weighted by molar-refractivity contribution is 5.53. The number of nitrogens with one attached hydrogen (secondary N) is 3. The van der Waals surface area contributed by atoms with E-state index in [1.807, 2.05) is 12.1 Å². The van der Waals surface area contributed by atoms with Gasteiger partial charge in [-0.2, -0.15) is 10.2 Å². The standard InChI is InChI=1S/C31H42FN7/c1-21-4-2-3-5-23(21)18-34-30-35-19-26(17-33)29(38-30)36-20-31-14-22-12-24(15-31)28(25(13-22)16-31)37-27-6-9-39(10-7-27)11-8-32/h2-5,19,22,24-25,27-28,37H,6-16,18,20H2,1H3,(H2,34,35,36,38)/t22?,24-,25+,28?,31?. The zero-order chi connectivity index (χ0) is 26.8. The molecule has 208 valence electrons. The number of hydrogen-bond acceptors (Lipinski definition) is 7. The average Bonchev–Trinajstić information content (AvgIpc) is 2.94. The third-order valence-electron chi connectivity index (χ3n) is 10.1. The Hall–Kier alpha value is -2.76. The molecule has 2 heterocycles. The van der Waals surface area contributed by atoms with Crippen molar-refractivity contribution in [2.75, 3.05) is 43.5 Å². The number of halogens is 1. The Labute approximate surface area is 232 Å². The highest BCUT2D eigenvalue weighted by atomic mass is 19.1. The van der Waals surface area contributed by atoms with Crippen LogP contribution >= 0.6 is 0 Å². The molecule has 8 heteroatoms. The Morgan fingerprint density at radius 1 is 1.10 bits per heavy atom. The number of anilines is 2. The lowest BCUT2D eigenvalue weighted by Crippen LogP contribution is -2.61. The summed E-state index contributed by atoms with van der Waals surface area (Å²) in [7, 11) is 0. The molecule has 2 aromatic rings. The first-order valence-corrected chi connectivity index (χ1v) is 14.9. The summed E-state index contributed by atoms with van der Waals surface area (Å²) in [6.45, 7) is 6.00. The Kier molecular flexibility index (Phi) is 7.72. The van der Waals surface area contributed by atoms with Gasteiger partial charge < -0.3 is 20.9 Å². The summed E-state index contributed by atoms with van der Waals surface area (Å²) in [5.41, 5.74) is 3.22. The lowest BCUT2D eigenvalue weighted by Gasteiger charge is -2.61. The number of rotatable bonds is 10. The molecular weight excluding hydrogens is 489 g/mol. The minimum atomic E-state index is -0.238. The van der Waals surface area contributed by atoms with Gasteiger partial charge in [-0.25, -0.2) is 9.37 Å². The van der Waals surface area contributed by atoms with Crippen LogP contribution in [0.1, 0.15) is 61.6 Å². The summed E-state index contributed by atoms with van der Waals surface area (Å²) in [4.78, 5) is 11.4. The van der Waals surface area contributed by atoms with E-state index in [-0.39, 0.29) is 12.1 Å². The maximum absolute atomic E-state index is 12.7. The smallest absolute Gasteiger partial charge is 0.224 e. The van der Waals surface area contributed by atoms with E-state index in [1.54, 1.807) is 6.20 Å². The highest BCUT2D eigenvalue weighted by Gasteiger charge is 2.55. The number of aromatic nitrogens is 2. The van der Waals surface area contributed by atoms with Crippen molar-refractivity contribution in [2.24, 2.45) is 23.2 Å². The third kappa shape index (κ3) is 5.76. The van der Waals surface area contributed by atoms with Crippen LogP contribution in [0.15, 0.2) is 30.5 Å². The molecular formula is C31H42FN7. The minimum absolute atomic E-state index is 0.238. The summed E-state index contributed by atoms with van der Waals surface area (Å²) in [6, 6.07) is 11.8. The van der Waals surface area contributed by atoms with Gasteiger partial charge in [0.1, 0.15) is 24.1 Å². The van der Waals surface area contributed by atoms with Crippen LogP contribution in [0.3, 0.4) is 0 Å². The molecule has 1 aromatic heterocycles. The van der Waals surface area contributed by atoms with Gasteiger partial charge >= 0.3 is 0 Å². The number of piperidine rings is 1. The summed E-state index contributed by atoms with van der Waals surface area (Å²) in [5.74, 6) is 3.47. The van der Waals surface area contributed by atoms with E-state index in [2.05, 4.69) is 51.0 Å². The predicted molar refractivity (Wildman–Crippen MR) is 152 cm³/mol. The quantitative estimate of drug-likeness (QED) is 0.402. The zero-order valence-corrected chi connectivity index (χ0v) is 23.1. The summed E-state index contributed by atoms with van der Waals surface area (Å²) < 4.78 is 12.7. The molecule has 5 fully saturated rings. The first-order chi connectivity index (χ1) is 19.0. The van der Waals surface area contributed by atoms with Gasteiger partial charge in [0.2, 0.25) is 5.95 Å². The second kappa shape index (κ2) is 11.4. The van der Waals surface area contributed by atoms with Gasteiger partial charge in [-0.05, 0) is 99.3 Å². The van der Waals surface area contributed by atoms with Crippen LogP contribution in [0.4, 0.5) is 16.2 Å². The largest absolute Gasteiger partial charge is 0.368 e. The zero-order valence-electron chi connectivity index (χ0n) is 23.1. The summed E-state index contributed by atoms with van der Waals surface area (Å²) >= 11 is 0. The number of likely N-dealkylation sites (tertiary alicyclic amines) is 1. The molecule has 1 saturated heterocycles. The number of benzene rings is 1. The van der Waals surface area contributed by atoms with E-state index in [4.69, 9.17) is 4.98 Å². The molecule has 1 aliphatic heterocycles. The summed E-state index contributed by atoms with van der Waals surface area (Å²) in [5, 5.41) is 20.8. The molecule has 3 unspecified atom stereocenters. The molecule has 7 nitrogen and oxygen atoms in total. The SMILES string of the molecule is Cc1ccccc1CNc1ncc(C#N)c(NCC23CC4C[C@H](C2)C(NC2CCN(CCF)CC2)[C@@H](C4)C3)n1. The van der Waals surface area contributed by atoms with Gasteiger partial charge in [-0.3, -0.25) is 0 Å². The van der Waals surface area contributed by atoms with Gasteiger partial charge in [0.05, 0.1) is 6.20 Å². The van der Waals surface area contributed by atoms with Crippen LogP contribution in [0, 0.1) is 41.4 Å². The van der Waals surface area contributed by atoms with Gasteiger partial charge in [0.25, 0.3) is 0 Å². The van der Waals surface area contributed by atoms with Crippen LogP contribution in [0.5, 0.6) is 0 Å². The van der Waals surface area contributed by atoms with Crippen molar-refractivity contribution in [1.82, 2.24) is 20.2 Å². The van der Waals surface area contributed by atoms with E-state index in [0.717, 1.165) is 50.2 Å². The van der Waals surface area contributed by atoms with Crippen molar-refractivity contribution in [1.29, 1.82) is 5.26 Å². The third-order valence-corrected chi connectivity index (χ3v) is 10.1. The van der Waals surface area contributed by atoms with Crippen LogP contribution in [0.25, 0.3) is 0 Å². The number of alkyl halides is 1. The Bertz CT molecular complexity index is 1170. The first kappa shape index (κ1) is 26.5. The van der Waals surface area contributed by atoms with Crippen molar-refractivity contribution >= 4 is 11.8 Å². The molecule has 3 N–H and O–H groups in total. The molecule has 1 aromatic carbocycles. The normalized spacial score (nSPS) is 30.3. The fraction of sp³-hybridized carbons (Fsp3) is 0.645. The van der Waals surface area contributed by atoms with Gasteiger partial charge in [-0.15, -0.1) is 0 Å². The van der Waals surface area contributed by atoms with E-state index in [0.29, 0.717) is 42.5 Å². The molecule has 4 saturated carbocycles. The number of hydrogen-bond donors (Lipinski definition) is 3. The van der Waals surface area contributed by atoms with Crippen LogP contribution < -0.4 is 16.0 Å².